The minimum Gasteiger partial charge on any atom is -0.489 e. The number of carbonyl (C=O) groups is 2. The number of rotatable bonds is 10. The molecule has 0 aliphatic carbocycles. The van der Waals surface area contributed by atoms with Crippen molar-refractivity contribution in [2.24, 2.45) is 0 Å². The molecule has 38 heavy (non-hydrogen) atoms. The first-order valence-corrected chi connectivity index (χ1v) is 12.6. The van der Waals surface area contributed by atoms with E-state index in [0.29, 0.717) is 12.3 Å². The topological polar surface area (TPSA) is 76.7 Å². The Kier molecular flexibility index (Phi) is 9.13. The summed E-state index contributed by atoms with van der Waals surface area (Å²) in [4.78, 5) is 25.9. The molecule has 0 bridgehead atoms. The van der Waals surface area contributed by atoms with E-state index in [2.05, 4.69) is 10.6 Å². The van der Waals surface area contributed by atoms with Crippen LogP contribution in [0.1, 0.15) is 27.8 Å². The van der Waals surface area contributed by atoms with Gasteiger partial charge in [-0.25, -0.2) is 4.79 Å². The summed E-state index contributed by atoms with van der Waals surface area (Å²) in [5, 5.41) is 5.71. The van der Waals surface area contributed by atoms with Crippen LogP contribution in [0.15, 0.2) is 103 Å². The highest BCUT2D eigenvalue weighted by Crippen LogP contribution is 2.19. The fourth-order valence-electron chi connectivity index (χ4n) is 3.91. The molecule has 0 saturated carbocycles. The molecule has 0 radical (unpaired) electrons. The number of carbonyl (C=O) groups excluding carboxylic acids is 2. The molecular weight excluding hydrogens is 476 g/mol. The number of nitrogens with one attached hydrogen (secondary N) is 2. The van der Waals surface area contributed by atoms with E-state index in [1.165, 1.54) is 0 Å². The van der Waals surface area contributed by atoms with Crippen LogP contribution in [0.4, 0.5) is 10.5 Å². The van der Waals surface area contributed by atoms with E-state index in [0.717, 1.165) is 33.6 Å². The summed E-state index contributed by atoms with van der Waals surface area (Å²) < 4.78 is 11.3. The fourth-order valence-corrected chi connectivity index (χ4v) is 3.91. The minimum atomic E-state index is -0.839. The Morgan fingerprint density at radius 3 is 2.03 bits per heavy atom. The standard InChI is InChI=1S/C32H32N2O4/c1-23-13-14-24(2)29(19-23)33-31(35)30(34-32(36)38-22-27-11-7-4-8-12-27)20-25-15-17-28(18-16-25)37-21-26-9-5-3-6-10-26/h3-19,30H,20-22H2,1-2H3,(H,33,35)(H,34,36)/t30-/m1/s1. The molecule has 0 aliphatic rings. The lowest BCUT2D eigenvalue weighted by atomic mass is 10.0. The number of anilines is 1. The normalized spacial score (nSPS) is 11.3. The SMILES string of the molecule is Cc1ccc(C)c(NC(=O)[C@@H](Cc2ccc(OCc3ccccc3)cc2)NC(=O)OCc2ccccc2)c1. The molecule has 4 rings (SSSR count). The van der Waals surface area contributed by atoms with Gasteiger partial charge in [0, 0.05) is 12.1 Å². The van der Waals surface area contributed by atoms with Crippen molar-refractivity contribution in [3.63, 3.8) is 0 Å². The highest BCUT2D eigenvalue weighted by Gasteiger charge is 2.23. The zero-order valence-corrected chi connectivity index (χ0v) is 21.6. The van der Waals surface area contributed by atoms with Gasteiger partial charge in [0.05, 0.1) is 0 Å². The molecule has 0 spiro atoms. The van der Waals surface area contributed by atoms with Gasteiger partial charge in [0.2, 0.25) is 5.91 Å². The second-order valence-electron chi connectivity index (χ2n) is 9.19. The summed E-state index contributed by atoms with van der Waals surface area (Å²) in [6, 6.07) is 31.9. The van der Waals surface area contributed by atoms with E-state index in [-0.39, 0.29) is 18.9 Å². The second-order valence-corrected chi connectivity index (χ2v) is 9.19. The molecule has 194 valence electrons. The molecule has 0 heterocycles. The minimum absolute atomic E-state index is 0.117. The predicted octanol–water partition coefficient (Wildman–Crippen LogP) is 6.36. The first-order chi connectivity index (χ1) is 18.5. The Bertz CT molecular complexity index is 1340. The first kappa shape index (κ1) is 26.5. The third kappa shape index (κ3) is 7.96. The Hall–Kier alpha value is -4.58. The van der Waals surface area contributed by atoms with E-state index in [9.17, 15) is 9.59 Å². The van der Waals surface area contributed by atoms with Gasteiger partial charge in [-0.1, -0.05) is 84.9 Å². The average Bonchev–Trinajstić information content (AvgIpc) is 2.94. The number of aryl methyl sites for hydroxylation is 2. The highest BCUT2D eigenvalue weighted by molar-refractivity contribution is 5.97. The van der Waals surface area contributed by atoms with E-state index < -0.39 is 12.1 Å². The van der Waals surface area contributed by atoms with E-state index >= 15 is 0 Å². The molecule has 0 unspecified atom stereocenters. The van der Waals surface area contributed by atoms with Crippen molar-refractivity contribution in [1.29, 1.82) is 0 Å². The summed E-state index contributed by atoms with van der Waals surface area (Å²) in [7, 11) is 0. The predicted molar refractivity (Wildman–Crippen MR) is 149 cm³/mol. The molecule has 1 atom stereocenters. The molecular formula is C32H32N2O4. The van der Waals surface area contributed by atoms with Crippen LogP contribution in [0.25, 0.3) is 0 Å². The third-order valence-electron chi connectivity index (χ3n) is 6.08. The van der Waals surface area contributed by atoms with Crippen molar-refractivity contribution >= 4 is 17.7 Å². The van der Waals surface area contributed by atoms with Crippen LogP contribution in [-0.2, 0) is 29.2 Å². The number of hydrogen-bond acceptors (Lipinski definition) is 4. The van der Waals surface area contributed by atoms with Crippen LogP contribution in [0.2, 0.25) is 0 Å². The zero-order valence-electron chi connectivity index (χ0n) is 21.6. The molecule has 4 aromatic carbocycles. The maximum atomic E-state index is 13.3. The average molecular weight is 509 g/mol. The molecule has 2 amide bonds. The van der Waals surface area contributed by atoms with Gasteiger partial charge >= 0.3 is 6.09 Å². The largest absolute Gasteiger partial charge is 0.489 e. The lowest BCUT2D eigenvalue weighted by molar-refractivity contribution is -0.118. The van der Waals surface area contributed by atoms with Gasteiger partial charge in [0.1, 0.15) is 25.0 Å². The lowest BCUT2D eigenvalue weighted by Crippen LogP contribution is -2.45. The number of alkyl carbamates (subject to hydrolysis) is 1. The molecule has 6 nitrogen and oxygen atoms in total. The Labute approximate surface area is 223 Å². The van der Waals surface area contributed by atoms with Gasteiger partial charge in [-0.2, -0.15) is 0 Å². The van der Waals surface area contributed by atoms with Crippen LogP contribution in [0, 0.1) is 13.8 Å². The Morgan fingerprint density at radius 2 is 1.37 bits per heavy atom. The van der Waals surface area contributed by atoms with Gasteiger partial charge in [0.15, 0.2) is 0 Å². The van der Waals surface area contributed by atoms with Gasteiger partial charge in [-0.15, -0.1) is 0 Å². The lowest BCUT2D eigenvalue weighted by Gasteiger charge is -2.20. The van der Waals surface area contributed by atoms with Crippen molar-refractivity contribution in [2.75, 3.05) is 5.32 Å². The van der Waals surface area contributed by atoms with Gasteiger partial charge in [-0.05, 0) is 59.9 Å². The van der Waals surface area contributed by atoms with Crippen LogP contribution in [0.5, 0.6) is 5.75 Å². The molecule has 0 fully saturated rings. The summed E-state index contributed by atoms with van der Waals surface area (Å²) in [5.41, 5.74) is 5.51. The van der Waals surface area contributed by atoms with Gasteiger partial charge < -0.3 is 20.1 Å². The summed E-state index contributed by atoms with van der Waals surface area (Å²) >= 11 is 0. The molecule has 6 heteroatoms. The quantitative estimate of drug-likeness (QED) is 0.261. The van der Waals surface area contributed by atoms with Crippen molar-refractivity contribution in [3.05, 3.63) is 131 Å². The van der Waals surface area contributed by atoms with Crippen molar-refractivity contribution in [2.45, 2.75) is 39.5 Å². The summed E-state index contributed by atoms with van der Waals surface area (Å²) in [6.45, 7) is 4.48. The van der Waals surface area contributed by atoms with Gasteiger partial charge in [0.25, 0.3) is 0 Å². The Morgan fingerprint density at radius 1 is 0.737 bits per heavy atom. The maximum Gasteiger partial charge on any atom is 0.408 e. The highest BCUT2D eigenvalue weighted by atomic mass is 16.5. The van der Waals surface area contributed by atoms with Crippen LogP contribution >= 0.6 is 0 Å². The number of ether oxygens (including phenoxy) is 2. The summed E-state index contributed by atoms with van der Waals surface area (Å²) in [6.07, 6.45) is -0.367. The number of hydrogen-bond donors (Lipinski definition) is 2. The number of benzene rings is 4. The number of amides is 2. The molecule has 4 aromatic rings. The Balaban J connectivity index is 1.42. The summed E-state index contributed by atoms with van der Waals surface area (Å²) in [5.74, 6) is 0.406. The van der Waals surface area contributed by atoms with Crippen LogP contribution < -0.4 is 15.4 Å². The van der Waals surface area contributed by atoms with Crippen LogP contribution in [-0.4, -0.2) is 18.0 Å². The van der Waals surface area contributed by atoms with Crippen LogP contribution in [0.3, 0.4) is 0 Å². The van der Waals surface area contributed by atoms with Gasteiger partial charge in [-0.3, -0.25) is 4.79 Å². The van der Waals surface area contributed by atoms with E-state index in [4.69, 9.17) is 9.47 Å². The van der Waals surface area contributed by atoms with E-state index in [1.807, 2.05) is 117 Å². The monoisotopic (exact) mass is 508 g/mol. The fraction of sp³-hybridized carbons (Fsp3) is 0.188. The smallest absolute Gasteiger partial charge is 0.408 e. The third-order valence-corrected chi connectivity index (χ3v) is 6.08. The molecule has 2 N–H and O–H groups in total. The second kappa shape index (κ2) is 13.1. The molecule has 0 aromatic heterocycles. The first-order valence-electron chi connectivity index (χ1n) is 12.6. The van der Waals surface area contributed by atoms with Crippen molar-refractivity contribution in [1.82, 2.24) is 5.32 Å². The molecule has 0 aliphatic heterocycles. The molecule has 0 saturated heterocycles. The van der Waals surface area contributed by atoms with Crippen molar-refractivity contribution < 1.29 is 19.1 Å². The van der Waals surface area contributed by atoms with E-state index in [1.54, 1.807) is 0 Å². The zero-order chi connectivity index (χ0) is 26.7. The maximum absolute atomic E-state index is 13.3. The van der Waals surface area contributed by atoms with Crippen molar-refractivity contribution in [3.8, 4) is 5.75 Å².